The molecule has 2 aromatic rings. The molecule has 0 saturated heterocycles. The van der Waals surface area contributed by atoms with Crippen LogP contribution in [-0.4, -0.2) is 20.9 Å². The SMILES string of the molecule is CC[Te]/C(=C(\Cl)c1ccccc1)c1ccccc1. The van der Waals surface area contributed by atoms with E-state index in [0.29, 0.717) is 0 Å². The van der Waals surface area contributed by atoms with Crippen LogP contribution in [0.4, 0.5) is 0 Å². The number of rotatable bonds is 4. The van der Waals surface area contributed by atoms with Crippen molar-refractivity contribution in [3.63, 3.8) is 0 Å². The van der Waals surface area contributed by atoms with Gasteiger partial charge >= 0.3 is 124 Å². The van der Waals surface area contributed by atoms with Crippen molar-refractivity contribution in [1.29, 1.82) is 0 Å². The van der Waals surface area contributed by atoms with Gasteiger partial charge in [0.25, 0.3) is 0 Å². The quantitative estimate of drug-likeness (QED) is 0.531. The van der Waals surface area contributed by atoms with Crippen molar-refractivity contribution >= 4 is 41.2 Å². The van der Waals surface area contributed by atoms with Crippen molar-refractivity contribution in [2.45, 2.75) is 11.4 Å². The Morgan fingerprint density at radius 1 is 0.889 bits per heavy atom. The Kier molecular flexibility index (Phi) is 5.32. The Morgan fingerprint density at radius 2 is 1.39 bits per heavy atom. The van der Waals surface area contributed by atoms with Gasteiger partial charge in [0.2, 0.25) is 0 Å². The molecular formula is C16H15ClTe. The third-order valence-corrected chi connectivity index (χ3v) is 6.21. The van der Waals surface area contributed by atoms with E-state index in [2.05, 4.69) is 43.3 Å². The van der Waals surface area contributed by atoms with Gasteiger partial charge in [-0.25, -0.2) is 0 Å². The second-order valence-electron chi connectivity index (χ2n) is 3.81. The summed E-state index contributed by atoms with van der Waals surface area (Å²) in [5, 5.41) is 0.922. The number of halogens is 1. The molecule has 2 aromatic carbocycles. The molecule has 92 valence electrons. The fourth-order valence-corrected chi connectivity index (χ4v) is 4.71. The van der Waals surface area contributed by atoms with Crippen LogP contribution in [-0.2, 0) is 0 Å². The van der Waals surface area contributed by atoms with E-state index in [0.717, 1.165) is 10.6 Å². The second kappa shape index (κ2) is 7.00. The maximum atomic E-state index is 6.60. The van der Waals surface area contributed by atoms with E-state index < -0.39 is 0 Å². The molecule has 2 heteroatoms. The summed E-state index contributed by atoms with van der Waals surface area (Å²) in [6.45, 7) is 2.24. The minimum atomic E-state index is -0.223. The van der Waals surface area contributed by atoms with Crippen LogP contribution >= 0.6 is 11.6 Å². The van der Waals surface area contributed by atoms with Gasteiger partial charge in [-0.05, 0) is 0 Å². The van der Waals surface area contributed by atoms with Crippen LogP contribution in [0.3, 0.4) is 0 Å². The fourth-order valence-electron chi connectivity index (χ4n) is 1.72. The van der Waals surface area contributed by atoms with Crippen molar-refractivity contribution in [1.82, 2.24) is 0 Å². The predicted molar refractivity (Wildman–Crippen MR) is 81.8 cm³/mol. The van der Waals surface area contributed by atoms with Crippen molar-refractivity contribution in [2.75, 3.05) is 0 Å². The van der Waals surface area contributed by atoms with Gasteiger partial charge in [-0.15, -0.1) is 0 Å². The van der Waals surface area contributed by atoms with E-state index in [1.165, 1.54) is 13.7 Å². The summed E-state index contributed by atoms with van der Waals surface area (Å²) < 4.78 is 2.58. The normalized spacial score (nSPS) is 12.1. The van der Waals surface area contributed by atoms with Gasteiger partial charge in [-0.3, -0.25) is 0 Å². The zero-order valence-corrected chi connectivity index (χ0v) is 13.4. The van der Waals surface area contributed by atoms with Crippen LogP contribution < -0.4 is 0 Å². The molecule has 0 N–H and O–H groups in total. The average Bonchev–Trinajstić information content (AvgIpc) is 2.46. The van der Waals surface area contributed by atoms with Crippen molar-refractivity contribution in [2.24, 2.45) is 0 Å². The number of hydrogen-bond donors (Lipinski definition) is 0. The molecule has 0 radical (unpaired) electrons. The molecule has 0 unspecified atom stereocenters. The summed E-state index contributed by atoms with van der Waals surface area (Å²) in [5.74, 6) is 0. The molecule has 0 aliphatic heterocycles. The molecule has 0 bridgehead atoms. The minimum absolute atomic E-state index is 0.223. The topological polar surface area (TPSA) is 0 Å². The Balaban J connectivity index is 2.47. The van der Waals surface area contributed by atoms with Gasteiger partial charge in [0, 0.05) is 0 Å². The standard InChI is InChI=1S/C16H15ClTe/c1-2-18-16(14-11-7-4-8-12-14)15(17)13-9-5-3-6-10-13/h3-12H,2H2,1H3/b16-15-. The first-order valence-electron chi connectivity index (χ1n) is 5.96. The van der Waals surface area contributed by atoms with E-state index in [-0.39, 0.29) is 20.9 Å². The molecule has 18 heavy (non-hydrogen) atoms. The first kappa shape index (κ1) is 13.7. The summed E-state index contributed by atoms with van der Waals surface area (Å²) in [7, 11) is 0. The second-order valence-corrected chi connectivity index (χ2v) is 7.82. The molecule has 0 atom stereocenters. The molecule has 0 aliphatic carbocycles. The van der Waals surface area contributed by atoms with E-state index in [1.54, 1.807) is 0 Å². The van der Waals surface area contributed by atoms with E-state index in [9.17, 15) is 0 Å². The number of benzene rings is 2. The molecule has 0 amide bonds. The van der Waals surface area contributed by atoms with Crippen molar-refractivity contribution < 1.29 is 0 Å². The number of hydrogen-bond acceptors (Lipinski definition) is 0. The molecular weight excluding hydrogens is 355 g/mol. The average molecular weight is 370 g/mol. The Bertz CT molecular complexity index is 517. The van der Waals surface area contributed by atoms with Gasteiger partial charge < -0.3 is 0 Å². The molecule has 2 rings (SSSR count). The first-order chi connectivity index (χ1) is 8.83. The summed E-state index contributed by atoms with van der Waals surface area (Å²) >= 11 is 6.37. The predicted octanol–water partition coefficient (Wildman–Crippen LogP) is 4.89. The summed E-state index contributed by atoms with van der Waals surface area (Å²) in [6.07, 6.45) is 0. The molecule has 0 spiro atoms. The fraction of sp³-hybridized carbons (Fsp3) is 0.125. The zero-order chi connectivity index (χ0) is 12.8. The van der Waals surface area contributed by atoms with Crippen LogP contribution in [0.15, 0.2) is 60.7 Å². The molecule has 0 fully saturated rings. The van der Waals surface area contributed by atoms with Crippen molar-refractivity contribution in [3.05, 3.63) is 71.8 Å². The molecule has 0 nitrogen and oxygen atoms in total. The zero-order valence-electron chi connectivity index (χ0n) is 10.3. The van der Waals surface area contributed by atoms with Gasteiger partial charge in [0.1, 0.15) is 0 Å². The third kappa shape index (κ3) is 3.39. The van der Waals surface area contributed by atoms with Gasteiger partial charge in [0.15, 0.2) is 0 Å². The van der Waals surface area contributed by atoms with Gasteiger partial charge in [0.05, 0.1) is 0 Å². The monoisotopic (exact) mass is 372 g/mol. The van der Waals surface area contributed by atoms with Crippen LogP contribution in [0.25, 0.3) is 8.65 Å². The van der Waals surface area contributed by atoms with Crippen LogP contribution in [0, 0.1) is 0 Å². The van der Waals surface area contributed by atoms with Crippen LogP contribution in [0.1, 0.15) is 18.1 Å². The first-order valence-corrected chi connectivity index (χ1v) is 9.15. The van der Waals surface area contributed by atoms with E-state index in [4.69, 9.17) is 11.6 Å². The van der Waals surface area contributed by atoms with E-state index >= 15 is 0 Å². The Morgan fingerprint density at radius 3 is 1.89 bits per heavy atom. The molecule has 0 saturated carbocycles. The molecule has 0 heterocycles. The van der Waals surface area contributed by atoms with Crippen molar-refractivity contribution in [3.8, 4) is 0 Å². The third-order valence-electron chi connectivity index (χ3n) is 2.55. The summed E-state index contributed by atoms with van der Waals surface area (Å²) in [4.78, 5) is 0. The van der Waals surface area contributed by atoms with Crippen LogP contribution in [0.5, 0.6) is 0 Å². The van der Waals surface area contributed by atoms with E-state index in [1.807, 2.05) is 24.3 Å². The summed E-state index contributed by atoms with van der Waals surface area (Å²) in [6, 6.07) is 20.8. The Hall–Kier alpha value is -0.740. The summed E-state index contributed by atoms with van der Waals surface area (Å²) in [5.41, 5.74) is 2.40. The maximum absolute atomic E-state index is 6.60. The molecule has 0 aromatic heterocycles. The molecule has 0 aliphatic rings. The van der Waals surface area contributed by atoms with Crippen LogP contribution in [0.2, 0.25) is 4.47 Å². The Labute approximate surface area is 124 Å². The van der Waals surface area contributed by atoms with Gasteiger partial charge in [-0.1, -0.05) is 0 Å². The van der Waals surface area contributed by atoms with Gasteiger partial charge in [-0.2, -0.15) is 0 Å².